The van der Waals surface area contributed by atoms with Crippen molar-refractivity contribution in [1.29, 1.82) is 5.26 Å². The van der Waals surface area contributed by atoms with Gasteiger partial charge in [-0.05, 0) is 30.9 Å². The zero-order valence-corrected chi connectivity index (χ0v) is 16.7. The largest absolute Gasteiger partial charge is 0.573 e. The zero-order valence-electron chi connectivity index (χ0n) is 16.7. The van der Waals surface area contributed by atoms with Crippen molar-refractivity contribution in [3.8, 4) is 11.8 Å². The Bertz CT molecular complexity index is 820. The highest BCUT2D eigenvalue weighted by Gasteiger charge is 2.33. The third-order valence-corrected chi connectivity index (χ3v) is 4.86. The van der Waals surface area contributed by atoms with Crippen LogP contribution < -0.4 is 10.1 Å². The predicted octanol–water partition coefficient (Wildman–Crippen LogP) is 2.33. The summed E-state index contributed by atoms with van der Waals surface area (Å²) in [6.45, 7) is 3.78. The molecule has 1 fully saturated rings. The van der Waals surface area contributed by atoms with E-state index in [2.05, 4.69) is 10.1 Å². The van der Waals surface area contributed by atoms with E-state index in [1.807, 2.05) is 0 Å². The van der Waals surface area contributed by atoms with Gasteiger partial charge >= 0.3 is 6.36 Å². The Hall–Kier alpha value is -2.80. The van der Waals surface area contributed by atoms with Gasteiger partial charge in [0.2, 0.25) is 5.91 Å². The van der Waals surface area contributed by atoms with Gasteiger partial charge in [0, 0.05) is 25.2 Å². The van der Waals surface area contributed by atoms with Crippen LogP contribution >= 0.6 is 0 Å². The summed E-state index contributed by atoms with van der Waals surface area (Å²) in [7, 11) is 0. The first kappa shape index (κ1) is 23.5. The predicted molar refractivity (Wildman–Crippen MR) is 99.8 cm³/mol. The second-order valence-electron chi connectivity index (χ2n) is 7.51. The second kappa shape index (κ2) is 9.80. The molecule has 1 aromatic rings. The number of aliphatic hydroxyl groups is 1. The Morgan fingerprint density at radius 2 is 2.10 bits per heavy atom. The van der Waals surface area contributed by atoms with E-state index < -0.39 is 35.9 Å². The molecule has 1 saturated heterocycles. The van der Waals surface area contributed by atoms with Crippen LogP contribution in [-0.2, 0) is 16.1 Å². The Morgan fingerprint density at radius 3 is 2.70 bits per heavy atom. The Kier molecular flexibility index (Phi) is 7.67. The minimum absolute atomic E-state index is 0.00512. The first-order valence-corrected chi connectivity index (χ1v) is 9.55. The topological polar surface area (TPSA) is 103 Å². The van der Waals surface area contributed by atoms with E-state index in [4.69, 9.17) is 5.26 Å². The molecule has 2 unspecified atom stereocenters. The molecule has 1 aromatic carbocycles. The molecule has 10 heteroatoms. The average Bonchev–Trinajstić information content (AvgIpc) is 2.70. The molecule has 0 aliphatic carbocycles. The monoisotopic (exact) mass is 427 g/mol. The number of ether oxygens (including phenoxy) is 1. The van der Waals surface area contributed by atoms with Crippen molar-refractivity contribution in [2.24, 2.45) is 11.8 Å². The summed E-state index contributed by atoms with van der Waals surface area (Å²) in [6.07, 6.45) is -4.98. The normalized spacial score (nSPS) is 17.9. The molecule has 2 N–H and O–H groups in total. The molecule has 1 aliphatic rings. The summed E-state index contributed by atoms with van der Waals surface area (Å²) in [4.78, 5) is 26.3. The highest BCUT2D eigenvalue weighted by Crippen LogP contribution is 2.28. The van der Waals surface area contributed by atoms with Crippen molar-refractivity contribution in [2.45, 2.75) is 45.7 Å². The fraction of sp³-hybridized carbons (Fsp3) is 0.550. The number of nitrogens with one attached hydrogen (secondary N) is 1. The molecule has 2 amide bonds. The Balaban J connectivity index is 2.03. The van der Waals surface area contributed by atoms with Gasteiger partial charge in [-0.2, -0.15) is 5.26 Å². The summed E-state index contributed by atoms with van der Waals surface area (Å²) in [6, 6.07) is 5.32. The number of halogens is 3. The van der Waals surface area contributed by atoms with Gasteiger partial charge in [-0.1, -0.05) is 19.9 Å². The average molecular weight is 427 g/mol. The quantitative estimate of drug-likeness (QED) is 0.726. The third-order valence-electron chi connectivity index (χ3n) is 4.86. The number of carbonyl (C=O) groups excluding carboxylic acids is 2. The van der Waals surface area contributed by atoms with Gasteiger partial charge in [-0.3, -0.25) is 9.59 Å². The number of rotatable bonds is 6. The van der Waals surface area contributed by atoms with Crippen LogP contribution in [0, 0.1) is 23.2 Å². The highest BCUT2D eigenvalue weighted by molar-refractivity contribution is 5.83. The lowest BCUT2D eigenvalue weighted by Gasteiger charge is -2.34. The van der Waals surface area contributed by atoms with Crippen molar-refractivity contribution in [1.82, 2.24) is 10.2 Å². The number of alkyl halides is 3. The summed E-state index contributed by atoms with van der Waals surface area (Å²) in [5.41, 5.74) is 0.0631. The van der Waals surface area contributed by atoms with E-state index in [0.717, 1.165) is 6.07 Å². The zero-order chi connectivity index (χ0) is 22.5. The van der Waals surface area contributed by atoms with Gasteiger partial charge in [-0.15, -0.1) is 13.2 Å². The molecule has 30 heavy (non-hydrogen) atoms. The van der Waals surface area contributed by atoms with Gasteiger partial charge in [0.25, 0.3) is 5.91 Å². The number of carbonyl (C=O) groups is 2. The number of nitrogens with zero attached hydrogens (tertiary/aromatic N) is 2. The number of likely N-dealkylation sites (tertiary alicyclic amines) is 1. The lowest BCUT2D eigenvalue weighted by molar-refractivity contribution is -0.274. The summed E-state index contributed by atoms with van der Waals surface area (Å²) in [5.74, 6) is -2.19. The van der Waals surface area contributed by atoms with Crippen LogP contribution in [0.25, 0.3) is 0 Å². The molecule has 164 valence electrons. The summed E-state index contributed by atoms with van der Waals surface area (Å²) >= 11 is 0. The molecule has 0 bridgehead atoms. The molecule has 0 radical (unpaired) electrons. The Morgan fingerprint density at radius 1 is 1.40 bits per heavy atom. The van der Waals surface area contributed by atoms with Crippen LogP contribution in [0.3, 0.4) is 0 Å². The SMILES string of the molecule is CC(C)C(O)C(=O)N1CCCC(C(=O)NCc2ccc(C#N)cc2OC(F)(F)F)C1. The first-order valence-electron chi connectivity index (χ1n) is 9.55. The molecule has 2 rings (SSSR count). The minimum Gasteiger partial charge on any atom is -0.405 e. The van der Waals surface area contributed by atoms with Gasteiger partial charge in [0.15, 0.2) is 0 Å². The maximum atomic E-state index is 12.6. The molecule has 2 atom stereocenters. The summed E-state index contributed by atoms with van der Waals surface area (Å²) < 4.78 is 41.9. The lowest BCUT2D eigenvalue weighted by atomic mass is 9.95. The van der Waals surface area contributed by atoms with E-state index in [9.17, 15) is 27.9 Å². The van der Waals surface area contributed by atoms with Crippen LogP contribution in [0.2, 0.25) is 0 Å². The van der Waals surface area contributed by atoms with Crippen LogP contribution in [0.1, 0.15) is 37.8 Å². The third kappa shape index (κ3) is 6.35. The number of amides is 2. The fourth-order valence-corrected chi connectivity index (χ4v) is 3.18. The molecule has 0 spiro atoms. The molecular weight excluding hydrogens is 403 g/mol. The molecule has 0 aromatic heterocycles. The smallest absolute Gasteiger partial charge is 0.405 e. The van der Waals surface area contributed by atoms with Crippen molar-refractivity contribution in [2.75, 3.05) is 13.1 Å². The van der Waals surface area contributed by atoms with Crippen molar-refractivity contribution >= 4 is 11.8 Å². The van der Waals surface area contributed by atoms with Crippen LogP contribution in [0.15, 0.2) is 18.2 Å². The van der Waals surface area contributed by atoms with Gasteiger partial charge < -0.3 is 20.1 Å². The lowest BCUT2D eigenvalue weighted by Crippen LogP contribution is -2.49. The number of benzene rings is 1. The van der Waals surface area contributed by atoms with Gasteiger partial charge in [0.05, 0.1) is 17.6 Å². The van der Waals surface area contributed by atoms with E-state index in [0.29, 0.717) is 19.4 Å². The maximum Gasteiger partial charge on any atom is 0.573 e. The first-order chi connectivity index (χ1) is 14.0. The van der Waals surface area contributed by atoms with E-state index >= 15 is 0 Å². The van der Waals surface area contributed by atoms with E-state index in [1.165, 1.54) is 17.0 Å². The number of hydrogen-bond acceptors (Lipinski definition) is 5. The number of nitriles is 1. The van der Waals surface area contributed by atoms with Crippen molar-refractivity contribution < 1.29 is 32.6 Å². The van der Waals surface area contributed by atoms with Crippen LogP contribution in [0.4, 0.5) is 13.2 Å². The number of hydrogen-bond donors (Lipinski definition) is 2. The fourth-order valence-electron chi connectivity index (χ4n) is 3.18. The molecular formula is C20H24F3N3O4. The number of piperidine rings is 1. The van der Waals surface area contributed by atoms with Crippen LogP contribution in [0.5, 0.6) is 5.75 Å². The Labute approximate surface area is 172 Å². The minimum atomic E-state index is -4.94. The maximum absolute atomic E-state index is 12.6. The summed E-state index contributed by atoms with van der Waals surface area (Å²) in [5, 5.41) is 21.4. The molecule has 7 nitrogen and oxygen atoms in total. The highest BCUT2D eigenvalue weighted by atomic mass is 19.4. The standard InChI is InChI=1S/C20H24F3N3O4/c1-12(2)17(27)19(29)26-7-3-4-15(11-26)18(28)25-10-14-6-5-13(9-24)8-16(14)30-20(21,22)23/h5-6,8,12,15,17,27H,3-4,7,10-11H2,1-2H3,(H,25,28). The van der Waals surface area contributed by atoms with Crippen molar-refractivity contribution in [3.05, 3.63) is 29.3 Å². The molecule has 1 aliphatic heterocycles. The van der Waals surface area contributed by atoms with E-state index in [1.54, 1.807) is 19.9 Å². The van der Waals surface area contributed by atoms with Crippen LogP contribution in [-0.4, -0.2) is 47.4 Å². The molecule has 0 saturated carbocycles. The van der Waals surface area contributed by atoms with Crippen molar-refractivity contribution in [3.63, 3.8) is 0 Å². The van der Waals surface area contributed by atoms with Gasteiger partial charge in [0.1, 0.15) is 11.9 Å². The number of aliphatic hydroxyl groups excluding tert-OH is 1. The van der Waals surface area contributed by atoms with E-state index in [-0.39, 0.29) is 30.1 Å². The molecule has 1 heterocycles. The second-order valence-corrected chi connectivity index (χ2v) is 7.51. The van der Waals surface area contributed by atoms with Gasteiger partial charge in [-0.25, -0.2) is 0 Å².